The first-order chi connectivity index (χ1) is 11.5. The molecule has 1 fully saturated rings. The van der Waals surface area contributed by atoms with Gasteiger partial charge in [-0.05, 0) is 55.4 Å². The third-order valence-electron chi connectivity index (χ3n) is 3.48. The van der Waals surface area contributed by atoms with Gasteiger partial charge in [0.05, 0.1) is 11.4 Å². The molecule has 1 aliphatic rings. The third-order valence-corrected chi connectivity index (χ3v) is 4.39. The van der Waals surface area contributed by atoms with Gasteiger partial charge in [-0.2, -0.15) is 0 Å². The van der Waals surface area contributed by atoms with Gasteiger partial charge in [-0.3, -0.25) is 14.5 Å². The monoisotopic (exact) mass is 343 g/mol. The van der Waals surface area contributed by atoms with Crippen LogP contribution in [0.5, 0.6) is 5.75 Å². The lowest BCUT2D eigenvalue weighted by molar-refractivity contribution is -0.123. The summed E-state index contributed by atoms with van der Waals surface area (Å²) in [5.74, 6) is 1.73. The minimum absolute atomic E-state index is 0.215. The van der Waals surface area contributed by atoms with E-state index in [1.165, 1.54) is 4.90 Å². The Morgan fingerprint density at radius 3 is 2.75 bits per heavy atom. The summed E-state index contributed by atoms with van der Waals surface area (Å²) in [6, 6.07) is 11.2. The molecule has 124 valence electrons. The predicted molar refractivity (Wildman–Crippen MR) is 92.8 cm³/mol. The molecular formula is C18H17NO4S. The summed E-state index contributed by atoms with van der Waals surface area (Å²) in [6.07, 6.45) is 1.60. The Balaban J connectivity index is 1.61. The fraction of sp³-hybridized carbons (Fsp3) is 0.222. The lowest BCUT2D eigenvalue weighted by Gasteiger charge is -2.13. The van der Waals surface area contributed by atoms with Gasteiger partial charge in [-0.25, -0.2) is 0 Å². The number of aryl methyl sites for hydroxylation is 2. The molecule has 3 rings (SSSR count). The second kappa shape index (κ2) is 6.97. The number of imide groups is 1. The highest BCUT2D eigenvalue weighted by atomic mass is 32.2. The topological polar surface area (TPSA) is 59.8 Å². The Kier molecular flexibility index (Phi) is 4.76. The van der Waals surface area contributed by atoms with Gasteiger partial charge in [0.25, 0.3) is 11.1 Å². The number of nitrogens with zero attached hydrogens (tertiary/aromatic N) is 1. The maximum atomic E-state index is 12.3. The molecule has 0 spiro atoms. The van der Waals surface area contributed by atoms with Crippen LogP contribution in [0.25, 0.3) is 6.08 Å². The van der Waals surface area contributed by atoms with Crippen molar-refractivity contribution in [1.29, 1.82) is 0 Å². The summed E-state index contributed by atoms with van der Waals surface area (Å²) in [6.45, 7) is 4.28. The molecule has 0 N–H and O–H groups in total. The summed E-state index contributed by atoms with van der Waals surface area (Å²) in [5, 5.41) is -0.289. The molecule has 0 radical (unpaired) electrons. The van der Waals surface area contributed by atoms with Crippen LogP contribution in [0.15, 0.2) is 45.7 Å². The molecule has 2 aromatic rings. The molecule has 0 unspecified atom stereocenters. The first kappa shape index (κ1) is 16.4. The molecule has 1 aromatic carbocycles. The van der Waals surface area contributed by atoms with E-state index >= 15 is 0 Å². The minimum Gasteiger partial charge on any atom is -0.492 e. The highest BCUT2D eigenvalue weighted by Crippen LogP contribution is 2.32. The van der Waals surface area contributed by atoms with Gasteiger partial charge in [0.1, 0.15) is 23.9 Å². The summed E-state index contributed by atoms with van der Waals surface area (Å²) in [5.41, 5.74) is 1.09. The molecule has 1 aliphatic heterocycles. The van der Waals surface area contributed by atoms with Crippen LogP contribution in [0.3, 0.4) is 0 Å². The summed E-state index contributed by atoms with van der Waals surface area (Å²) < 4.78 is 11.0. The standard InChI is InChI=1S/C18H17NO4S/c1-12-4-3-5-14(10-12)22-9-8-19-17(20)16(24-18(19)21)11-15-7-6-13(2)23-15/h3-7,10-11H,8-9H2,1-2H3/b16-11-. The number of furan rings is 1. The second-order valence-electron chi connectivity index (χ2n) is 5.45. The van der Waals surface area contributed by atoms with E-state index in [4.69, 9.17) is 9.15 Å². The second-order valence-corrected chi connectivity index (χ2v) is 6.44. The molecule has 1 aromatic heterocycles. The smallest absolute Gasteiger partial charge is 0.293 e. The van der Waals surface area contributed by atoms with Crippen molar-refractivity contribution in [2.75, 3.05) is 13.2 Å². The normalized spacial score (nSPS) is 16.2. The molecule has 0 bridgehead atoms. The Labute approximate surface area is 144 Å². The SMILES string of the molecule is Cc1cccc(OCCN2C(=O)S/C(=C\c3ccc(C)o3)C2=O)c1. The van der Waals surface area contributed by atoms with Crippen LogP contribution in [0, 0.1) is 13.8 Å². The van der Waals surface area contributed by atoms with E-state index in [0.717, 1.165) is 28.8 Å². The quantitative estimate of drug-likeness (QED) is 0.768. The van der Waals surface area contributed by atoms with Crippen molar-refractivity contribution in [2.45, 2.75) is 13.8 Å². The van der Waals surface area contributed by atoms with Crippen molar-refractivity contribution in [3.05, 3.63) is 58.4 Å². The third kappa shape index (κ3) is 3.71. The molecule has 6 heteroatoms. The van der Waals surface area contributed by atoms with E-state index in [9.17, 15) is 9.59 Å². The molecule has 0 atom stereocenters. The lowest BCUT2D eigenvalue weighted by atomic mass is 10.2. The predicted octanol–water partition coefficient (Wildman–Crippen LogP) is 4.01. The largest absolute Gasteiger partial charge is 0.492 e. The zero-order valence-corrected chi connectivity index (χ0v) is 14.3. The number of carbonyl (C=O) groups is 2. The summed E-state index contributed by atoms with van der Waals surface area (Å²) in [7, 11) is 0. The number of hydrogen-bond donors (Lipinski definition) is 0. The molecule has 24 heavy (non-hydrogen) atoms. The maximum Gasteiger partial charge on any atom is 0.293 e. The van der Waals surface area contributed by atoms with Crippen molar-refractivity contribution in [3.63, 3.8) is 0 Å². The van der Waals surface area contributed by atoms with Gasteiger partial charge in [0.2, 0.25) is 0 Å². The van der Waals surface area contributed by atoms with Gasteiger partial charge in [-0.15, -0.1) is 0 Å². The lowest BCUT2D eigenvalue weighted by Crippen LogP contribution is -2.32. The number of thioether (sulfide) groups is 1. The number of amides is 2. The van der Waals surface area contributed by atoms with Crippen LogP contribution in [-0.2, 0) is 4.79 Å². The van der Waals surface area contributed by atoms with Gasteiger partial charge in [0.15, 0.2) is 0 Å². The van der Waals surface area contributed by atoms with Gasteiger partial charge < -0.3 is 9.15 Å². The van der Waals surface area contributed by atoms with Crippen LogP contribution in [0.1, 0.15) is 17.1 Å². The van der Waals surface area contributed by atoms with Crippen molar-refractivity contribution in [2.24, 2.45) is 0 Å². The fourth-order valence-corrected chi connectivity index (χ4v) is 3.16. The Morgan fingerprint density at radius 2 is 2.04 bits per heavy atom. The maximum absolute atomic E-state index is 12.3. The van der Waals surface area contributed by atoms with Crippen molar-refractivity contribution in [3.8, 4) is 5.75 Å². The summed E-state index contributed by atoms with van der Waals surface area (Å²) >= 11 is 0.918. The Bertz CT molecular complexity index is 809. The molecule has 1 saturated heterocycles. The Morgan fingerprint density at radius 1 is 1.21 bits per heavy atom. The van der Waals surface area contributed by atoms with Crippen LogP contribution in [0.4, 0.5) is 4.79 Å². The van der Waals surface area contributed by atoms with Crippen molar-refractivity contribution >= 4 is 29.0 Å². The molecule has 0 saturated carbocycles. The van der Waals surface area contributed by atoms with E-state index in [2.05, 4.69) is 0 Å². The number of benzene rings is 1. The molecule has 5 nitrogen and oxygen atoms in total. The van der Waals surface area contributed by atoms with Crippen molar-refractivity contribution in [1.82, 2.24) is 4.90 Å². The highest BCUT2D eigenvalue weighted by Gasteiger charge is 2.35. The molecule has 2 heterocycles. The van der Waals surface area contributed by atoms with E-state index in [1.54, 1.807) is 12.1 Å². The number of rotatable bonds is 5. The van der Waals surface area contributed by atoms with Gasteiger partial charge >= 0.3 is 0 Å². The number of hydrogen-bond acceptors (Lipinski definition) is 5. The van der Waals surface area contributed by atoms with Gasteiger partial charge in [-0.1, -0.05) is 12.1 Å². The van der Waals surface area contributed by atoms with Crippen LogP contribution >= 0.6 is 11.8 Å². The van der Waals surface area contributed by atoms with E-state index in [-0.39, 0.29) is 24.3 Å². The summed E-state index contributed by atoms with van der Waals surface area (Å²) in [4.78, 5) is 25.9. The van der Waals surface area contributed by atoms with Crippen LogP contribution < -0.4 is 4.74 Å². The average Bonchev–Trinajstić information content (AvgIpc) is 3.05. The van der Waals surface area contributed by atoms with E-state index in [0.29, 0.717) is 10.7 Å². The van der Waals surface area contributed by atoms with Gasteiger partial charge in [0, 0.05) is 6.08 Å². The number of ether oxygens (including phenoxy) is 1. The first-order valence-corrected chi connectivity index (χ1v) is 8.36. The van der Waals surface area contributed by atoms with E-state index in [1.807, 2.05) is 44.2 Å². The zero-order valence-electron chi connectivity index (χ0n) is 13.4. The average molecular weight is 343 g/mol. The minimum atomic E-state index is -0.313. The molecule has 0 aliphatic carbocycles. The van der Waals surface area contributed by atoms with Crippen LogP contribution in [0.2, 0.25) is 0 Å². The first-order valence-electron chi connectivity index (χ1n) is 7.54. The molecular weight excluding hydrogens is 326 g/mol. The fourth-order valence-electron chi connectivity index (χ4n) is 2.31. The molecule has 2 amide bonds. The van der Waals surface area contributed by atoms with Crippen molar-refractivity contribution < 1.29 is 18.7 Å². The number of carbonyl (C=O) groups excluding carboxylic acids is 2. The van der Waals surface area contributed by atoms with E-state index < -0.39 is 0 Å². The highest BCUT2D eigenvalue weighted by molar-refractivity contribution is 8.18. The Hall–Kier alpha value is -2.47. The zero-order chi connectivity index (χ0) is 17.1. The van der Waals surface area contributed by atoms with Crippen LogP contribution in [-0.4, -0.2) is 29.2 Å².